The second-order valence-electron chi connectivity index (χ2n) is 4.37. The molecule has 3 N–H and O–H groups in total. The number of aliphatic imine (C=N–C) groups is 1. The minimum absolute atomic E-state index is 0.00287. The van der Waals surface area contributed by atoms with Crippen LogP contribution in [0.15, 0.2) is 23.2 Å². The first-order chi connectivity index (χ1) is 7.35. The molecule has 0 unspecified atom stereocenters. The molecule has 0 saturated heterocycles. The van der Waals surface area contributed by atoms with Gasteiger partial charge in [-0.15, -0.1) is 0 Å². The molecule has 3 nitrogen and oxygen atoms in total. The largest absolute Gasteiger partial charge is 0.308 e. The van der Waals surface area contributed by atoms with Crippen molar-refractivity contribution in [2.45, 2.75) is 26.3 Å². The maximum absolute atomic E-state index is 13.4. The highest BCUT2D eigenvalue weighted by Crippen LogP contribution is 2.15. The topological polar surface area (TPSA) is 50.4 Å². The maximum atomic E-state index is 13.4. The summed E-state index contributed by atoms with van der Waals surface area (Å²) in [4.78, 5) is 4.12. The third kappa shape index (κ3) is 3.00. The Labute approximate surface area is 93.3 Å². The molecule has 0 aliphatic carbocycles. The van der Waals surface area contributed by atoms with Crippen molar-refractivity contribution in [1.82, 2.24) is 5.43 Å². The van der Waals surface area contributed by atoms with Crippen molar-refractivity contribution < 1.29 is 8.78 Å². The maximum Gasteiger partial charge on any atom is 0.149 e. The first kappa shape index (κ1) is 12.6. The molecule has 16 heavy (non-hydrogen) atoms. The normalized spacial score (nSPS) is 12.8. The highest BCUT2D eigenvalue weighted by molar-refractivity contribution is 5.99. The Bertz CT molecular complexity index is 388. The fourth-order valence-electron chi connectivity index (χ4n) is 1.22. The third-order valence-corrected chi connectivity index (χ3v) is 1.78. The van der Waals surface area contributed by atoms with Crippen LogP contribution in [-0.2, 0) is 0 Å². The van der Waals surface area contributed by atoms with E-state index in [1.54, 1.807) is 0 Å². The molecular weight excluding hydrogens is 212 g/mol. The van der Waals surface area contributed by atoms with E-state index in [0.29, 0.717) is 0 Å². The van der Waals surface area contributed by atoms with Crippen molar-refractivity contribution in [3.8, 4) is 0 Å². The van der Waals surface area contributed by atoms with Crippen molar-refractivity contribution in [3.63, 3.8) is 0 Å². The molecule has 0 bridgehead atoms. The van der Waals surface area contributed by atoms with Gasteiger partial charge in [-0.3, -0.25) is 4.99 Å². The van der Waals surface area contributed by atoms with E-state index >= 15 is 0 Å². The lowest BCUT2D eigenvalue weighted by atomic mass is 10.1. The molecule has 0 atom stereocenters. The smallest absolute Gasteiger partial charge is 0.149 e. The number of benzene rings is 1. The van der Waals surface area contributed by atoms with Gasteiger partial charge in [0.2, 0.25) is 0 Å². The van der Waals surface area contributed by atoms with Crippen LogP contribution >= 0.6 is 0 Å². The third-order valence-electron chi connectivity index (χ3n) is 1.78. The lowest BCUT2D eigenvalue weighted by molar-refractivity contribution is 0.564. The molecular formula is C11H15F2N3. The second-order valence-corrected chi connectivity index (χ2v) is 4.37. The fourth-order valence-corrected chi connectivity index (χ4v) is 1.22. The van der Waals surface area contributed by atoms with Gasteiger partial charge >= 0.3 is 0 Å². The molecule has 0 aliphatic heterocycles. The van der Waals surface area contributed by atoms with Crippen molar-refractivity contribution in [2.75, 3.05) is 0 Å². The number of nitrogens with zero attached hydrogens (tertiary/aromatic N) is 1. The molecule has 0 fully saturated rings. The zero-order valence-electron chi connectivity index (χ0n) is 9.51. The summed E-state index contributed by atoms with van der Waals surface area (Å²) in [7, 11) is 0. The Balaban J connectivity index is 3.30. The molecule has 5 heteroatoms. The number of hydrogen-bond donors (Lipinski definition) is 2. The van der Waals surface area contributed by atoms with Crippen LogP contribution in [0, 0.1) is 11.6 Å². The predicted molar refractivity (Wildman–Crippen MR) is 60.0 cm³/mol. The Morgan fingerprint density at radius 3 is 2.12 bits per heavy atom. The van der Waals surface area contributed by atoms with Crippen LogP contribution in [0.3, 0.4) is 0 Å². The Morgan fingerprint density at radius 1 is 1.25 bits per heavy atom. The average Bonchev–Trinajstić information content (AvgIpc) is 2.14. The molecule has 88 valence electrons. The molecule has 0 amide bonds. The summed E-state index contributed by atoms with van der Waals surface area (Å²) in [5, 5.41) is 0. The minimum Gasteiger partial charge on any atom is -0.308 e. The average molecular weight is 227 g/mol. The highest BCUT2D eigenvalue weighted by atomic mass is 19.1. The van der Waals surface area contributed by atoms with Gasteiger partial charge < -0.3 is 5.43 Å². The summed E-state index contributed by atoms with van der Waals surface area (Å²) >= 11 is 0. The Morgan fingerprint density at radius 2 is 1.75 bits per heavy atom. The van der Waals surface area contributed by atoms with Crippen molar-refractivity contribution in [1.29, 1.82) is 0 Å². The van der Waals surface area contributed by atoms with Crippen LogP contribution in [0.25, 0.3) is 0 Å². The number of rotatable bonds is 1. The molecule has 0 spiro atoms. The van der Waals surface area contributed by atoms with Gasteiger partial charge in [0.05, 0.1) is 11.1 Å². The van der Waals surface area contributed by atoms with E-state index in [0.717, 1.165) is 12.1 Å². The summed E-state index contributed by atoms with van der Waals surface area (Å²) in [6.07, 6.45) is 0. The zero-order chi connectivity index (χ0) is 12.3. The van der Waals surface area contributed by atoms with Crippen LogP contribution in [0.5, 0.6) is 0 Å². The van der Waals surface area contributed by atoms with Gasteiger partial charge in [0, 0.05) is 0 Å². The van der Waals surface area contributed by atoms with Gasteiger partial charge in [0.1, 0.15) is 17.5 Å². The number of halogens is 2. The quantitative estimate of drug-likeness (QED) is 0.333. The van der Waals surface area contributed by atoms with E-state index in [1.807, 2.05) is 20.8 Å². The number of hydrazine groups is 1. The standard InChI is InChI=1S/C11H15F2N3/c1-11(2,3)15-10(16-14)9-7(12)5-4-6-8(9)13/h4-6H,14H2,1-3H3,(H,15,16). The molecule has 0 radical (unpaired) electrons. The van der Waals surface area contributed by atoms with Gasteiger partial charge in [-0.05, 0) is 32.9 Å². The summed E-state index contributed by atoms with van der Waals surface area (Å²) in [6.45, 7) is 5.43. The van der Waals surface area contributed by atoms with Crippen LogP contribution in [-0.4, -0.2) is 11.4 Å². The van der Waals surface area contributed by atoms with Crippen LogP contribution in [0.4, 0.5) is 8.78 Å². The summed E-state index contributed by atoms with van der Waals surface area (Å²) < 4.78 is 26.9. The van der Waals surface area contributed by atoms with Crippen molar-refractivity contribution in [3.05, 3.63) is 35.4 Å². The molecule has 1 aromatic carbocycles. The number of nitrogens with two attached hydrogens (primary N) is 1. The lowest BCUT2D eigenvalue weighted by Gasteiger charge is -2.16. The van der Waals surface area contributed by atoms with Crippen LogP contribution in [0.2, 0.25) is 0 Å². The van der Waals surface area contributed by atoms with Gasteiger partial charge in [0.15, 0.2) is 0 Å². The molecule has 0 aromatic heterocycles. The van der Waals surface area contributed by atoms with E-state index in [2.05, 4.69) is 10.4 Å². The van der Waals surface area contributed by atoms with Crippen molar-refractivity contribution >= 4 is 5.84 Å². The van der Waals surface area contributed by atoms with Crippen LogP contribution < -0.4 is 11.3 Å². The first-order valence-electron chi connectivity index (χ1n) is 4.86. The summed E-state index contributed by atoms with van der Waals surface area (Å²) in [5.41, 5.74) is 1.51. The van der Waals surface area contributed by atoms with E-state index in [4.69, 9.17) is 5.84 Å². The number of nitrogens with one attached hydrogen (secondary N) is 1. The van der Waals surface area contributed by atoms with E-state index in [-0.39, 0.29) is 11.4 Å². The molecule has 1 aromatic rings. The Kier molecular flexibility index (Phi) is 3.59. The second kappa shape index (κ2) is 4.57. The monoisotopic (exact) mass is 227 g/mol. The predicted octanol–water partition coefficient (Wildman–Crippen LogP) is 1.97. The van der Waals surface area contributed by atoms with E-state index in [1.165, 1.54) is 6.07 Å². The van der Waals surface area contributed by atoms with Gasteiger partial charge in [-0.2, -0.15) is 0 Å². The number of amidine groups is 1. The van der Waals surface area contributed by atoms with Gasteiger partial charge in [0.25, 0.3) is 0 Å². The first-order valence-corrected chi connectivity index (χ1v) is 4.86. The Hall–Kier alpha value is -1.49. The minimum atomic E-state index is -0.694. The summed E-state index contributed by atoms with van der Waals surface area (Å²) in [5.74, 6) is 3.85. The molecule has 0 heterocycles. The molecule has 0 aliphatic rings. The van der Waals surface area contributed by atoms with Crippen molar-refractivity contribution in [2.24, 2.45) is 10.8 Å². The molecule has 1 rings (SSSR count). The van der Waals surface area contributed by atoms with Gasteiger partial charge in [-0.1, -0.05) is 6.07 Å². The van der Waals surface area contributed by atoms with Gasteiger partial charge in [-0.25, -0.2) is 14.6 Å². The number of hydrogen-bond acceptors (Lipinski definition) is 2. The van der Waals surface area contributed by atoms with Crippen LogP contribution in [0.1, 0.15) is 26.3 Å². The zero-order valence-corrected chi connectivity index (χ0v) is 9.51. The van der Waals surface area contributed by atoms with E-state index in [9.17, 15) is 8.78 Å². The SMILES string of the molecule is CC(C)(C)N=C(NN)c1c(F)cccc1F. The van der Waals surface area contributed by atoms with E-state index < -0.39 is 17.2 Å². The highest BCUT2D eigenvalue weighted by Gasteiger charge is 2.17. The summed E-state index contributed by atoms with van der Waals surface area (Å²) in [6, 6.07) is 3.61. The fraction of sp³-hybridized carbons (Fsp3) is 0.364. The lowest BCUT2D eigenvalue weighted by Crippen LogP contribution is -2.35. The molecule has 0 saturated carbocycles.